The molecule has 0 spiro atoms. The Labute approximate surface area is 142 Å². The Hall–Kier alpha value is -0.930. The van der Waals surface area contributed by atoms with Crippen molar-refractivity contribution in [1.29, 1.82) is 0 Å². The summed E-state index contributed by atoms with van der Waals surface area (Å²) in [5.74, 6) is -0.498. The molecule has 132 valence electrons. The van der Waals surface area contributed by atoms with E-state index in [0.29, 0.717) is 19.6 Å². The van der Waals surface area contributed by atoms with Crippen LogP contribution in [0.15, 0.2) is 23.1 Å². The zero-order valence-corrected chi connectivity index (χ0v) is 14.5. The quantitative estimate of drug-likeness (QED) is 0.735. The number of benzene rings is 1. The van der Waals surface area contributed by atoms with E-state index in [0.717, 1.165) is 12.5 Å². The molecule has 1 aliphatic rings. The summed E-state index contributed by atoms with van der Waals surface area (Å²) in [5.41, 5.74) is 5.64. The minimum atomic E-state index is -3.84. The molecule has 1 saturated heterocycles. The number of ether oxygens (including phenoxy) is 2. The van der Waals surface area contributed by atoms with Crippen LogP contribution in [0.5, 0.6) is 5.75 Å². The van der Waals surface area contributed by atoms with Crippen LogP contribution in [0.3, 0.4) is 0 Å². The summed E-state index contributed by atoms with van der Waals surface area (Å²) in [6, 6.07) is 3.24. The van der Waals surface area contributed by atoms with Gasteiger partial charge in [0.15, 0.2) is 0 Å². The highest BCUT2D eigenvalue weighted by Crippen LogP contribution is 2.31. The Bertz CT molecular complexity index is 615. The van der Waals surface area contributed by atoms with Crippen molar-refractivity contribution in [2.45, 2.75) is 23.8 Å². The molecular formula is C14H22ClFN2O4S. The van der Waals surface area contributed by atoms with E-state index in [1.54, 1.807) is 0 Å². The van der Waals surface area contributed by atoms with E-state index >= 15 is 0 Å². The molecule has 1 aromatic carbocycles. The normalized spacial score (nSPS) is 18.7. The standard InChI is InChI=1S/C14H21FN2O4S.ClH/c1-20-7-8-21-13-5-4-11(15)9-14(13)22(18,19)17-6-2-3-12(17)10-16;/h4-5,9,12H,2-3,6-8,10,16H2,1H3;1H. The van der Waals surface area contributed by atoms with Crippen molar-refractivity contribution in [3.63, 3.8) is 0 Å². The predicted molar refractivity (Wildman–Crippen MR) is 87.0 cm³/mol. The number of halogens is 2. The summed E-state index contributed by atoms with van der Waals surface area (Å²) in [4.78, 5) is -0.163. The highest BCUT2D eigenvalue weighted by atomic mass is 35.5. The van der Waals surface area contributed by atoms with Crippen molar-refractivity contribution in [3.8, 4) is 5.75 Å². The van der Waals surface area contributed by atoms with E-state index < -0.39 is 15.8 Å². The number of nitrogens with zero attached hydrogens (tertiary/aromatic N) is 1. The number of hydrogen-bond acceptors (Lipinski definition) is 5. The van der Waals surface area contributed by atoms with Crippen LogP contribution >= 0.6 is 12.4 Å². The topological polar surface area (TPSA) is 81.9 Å². The van der Waals surface area contributed by atoms with Crippen LogP contribution in [-0.4, -0.2) is 52.2 Å². The fourth-order valence-corrected chi connectivity index (χ4v) is 4.37. The van der Waals surface area contributed by atoms with Crippen molar-refractivity contribution in [2.75, 3.05) is 33.4 Å². The molecule has 23 heavy (non-hydrogen) atoms. The first kappa shape index (κ1) is 20.1. The molecule has 0 aromatic heterocycles. The number of nitrogens with two attached hydrogens (primary N) is 1. The summed E-state index contributed by atoms with van der Waals surface area (Å²) < 4.78 is 50.8. The van der Waals surface area contributed by atoms with Gasteiger partial charge in [-0.1, -0.05) is 0 Å². The molecule has 2 N–H and O–H groups in total. The summed E-state index contributed by atoms with van der Waals surface area (Å²) in [6.45, 7) is 1.13. The average molecular weight is 369 g/mol. The SMILES string of the molecule is COCCOc1ccc(F)cc1S(=O)(=O)N1CCCC1CN.Cl. The van der Waals surface area contributed by atoms with E-state index in [1.165, 1.54) is 23.5 Å². The van der Waals surface area contributed by atoms with Gasteiger partial charge in [0.2, 0.25) is 10.0 Å². The molecule has 1 unspecified atom stereocenters. The van der Waals surface area contributed by atoms with Crippen LogP contribution in [0.2, 0.25) is 0 Å². The Morgan fingerprint density at radius 1 is 1.39 bits per heavy atom. The minimum absolute atomic E-state index is 0. The third-order valence-corrected chi connectivity index (χ3v) is 5.61. The van der Waals surface area contributed by atoms with Crippen molar-refractivity contribution in [1.82, 2.24) is 4.31 Å². The third kappa shape index (κ3) is 4.54. The second-order valence-electron chi connectivity index (χ2n) is 5.08. The van der Waals surface area contributed by atoms with Crippen LogP contribution in [0.25, 0.3) is 0 Å². The smallest absolute Gasteiger partial charge is 0.247 e. The van der Waals surface area contributed by atoms with Gasteiger partial charge in [-0.05, 0) is 31.0 Å². The molecule has 1 fully saturated rings. The van der Waals surface area contributed by atoms with Gasteiger partial charge in [-0.15, -0.1) is 12.4 Å². The van der Waals surface area contributed by atoms with Gasteiger partial charge >= 0.3 is 0 Å². The van der Waals surface area contributed by atoms with Gasteiger partial charge in [-0.25, -0.2) is 12.8 Å². The molecule has 9 heteroatoms. The highest BCUT2D eigenvalue weighted by molar-refractivity contribution is 7.89. The fraction of sp³-hybridized carbons (Fsp3) is 0.571. The molecule has 0 saturated carbocycles. The Morgan fingerprint density at radius 3 is 2.78 bits per heavy atom. The lowest BCUT2D eigenvalue weighted by molar-refractivity contribution is 0.144. The maximum Gasteiger partial charge on any atom is 0.247 e. The monoisotopic (exact) mass is 368 g/mol. The Kier molecular flexibility index (Phi) is 7.69. The molecule has 0 bridgehead atoms. The molecule has 1 atom stereocenters. The van der Waals surface area contributed by atoms with Gasteiger partial charge in [-0.2, -0.15) is 4.31 Å². The molecule has 6 nitrogen and oxygen atoms in total. The maximum absolute atomic E-state index is 13.5. The van der Waals surface area contributed by atoms with Crippen molar-refractivity contribution >= 4 is 22.4 Å². The first-order chi connectivity index (χ1) is 10.5. The molecule has 1 aliphatic heterocycles. The zero-order chi connectivity index (χ0) is 16.2. The Balaban J connectivity index is 0.00000264. The Morgan fingerprint density at radius 2 is 2.13 bits per heavy atom. The van der Waals surface area contributed by atoms with Crippen LogP contribution < -0.4 is 10.5 Å². The van der Waals surface area contributed by atoms with E-state index in [4.69, 9.17) is 15.2 Å². The van der Waals surface area contributed by atoms with Crippen molar-refractivity contribution in [2.24, 2.45) is 5.73 Å². The van der Waals surface area contributed by atoms with Gasteiger partial charge in [0.1, 0.15) is 23.1 Å². The average Bonchev–Trinajstić information content (AvgIpc) is 2.98. The molecule has 0 radical (unpaired) electrons. The van der Waals surface area contributed by atoms with Gasteiger partial charge < -0.3 is 15.2 Å². The van der Waals surface area contributed by atoms with Crippen LogP contribution in [0.4, 0.5) is 4.39 Å². The van der Waals surface area contributed by atoms with E-state index in [-0.39, 0.29) is 42.2 Å². The van der Waals surface area contributed by atoms with Crippen molar-refractivity contribution < 1.29 is 22.3 Å². The van der Waals surface area contributed by atoms with E-state index in [2.05, 4.69) is 0 Å². The largest absolute Gasteiger partial charge is 0.490 e. The molecular weight excluding hydrogens is 347 g/mol. The lowest BCUT2D eigenvalue weighted by Crippen LogP contribution is -2.40. The van der Waals surface area contributed by atoms with Gasteiger partial charge in [-0.3, -0.25) is 0 Å². The third-order valence-electron chi connectivity index (χ3n) is 3.63. The zero-order valence-electron chi connectivity index (χ0n) is 12.9. The molecule has 0 amide bonds. The summed E-state index contributed by atoms with van der Waals surface area (Å²) in [6.07, 6.45) is 1.46. The van der Waals surface area contributed by atoms with Gasteiger partial charge in [0.05, 0.1) is 6.61 Å². The molecule has 1 heterocycles. The number of sulfonamides is 1. The van der Waals surface area contributed by atoms with Crippen LogP contribution in [0, 0.1) is 5.82 Å². The molecule has 2 rings (SSSR count). The number of hydrogen-bond donors (Lipinski definition) is 1. The second-order valence-corrected chi connectivity index (χ2v) is 6.94. The van der Waals surface area contributed by atoms with Crippen LogP contribution in [-0.2, 0) is 14.8 Å². The lowest BCUT2D eigenvalue weighted by atomic mass is 10.2. The predicted octanol–water partition coefficient (Wildman–Crippen LogP) is 1.38. The first-order valence-corrected chi connectivity index (χ1v) is 8.58. The second kappa shape index (κ2) is 8.79. The number of rotatable bonds is 7. The summed E-state index contributed by atoms with van der Waals surface area (Å²) >= 11 is 0. The van der Waals surface area contributed by atoms with Crippen LogP contribution in [0.1, 0.15) is 12.8 Å². The van der Waals surface area contributed by atoms with Gasteiger partial charge in [0.25, 0.3) is 0 Å². The number of methoxy groups -OCH3 is 1. The van der Waals surface area contributed by atoms with E-state index in [9.17, 15) is 12.8 Å². The van der Waals surface area contributed by atoms with Crippen molar-refractivity contribution in [3.05, 3.63) is 24.0 Å². The van der Waals surface area contributed by atoms with Gasteiger partial charge in [0, 0.05) is 26.2 Å². The molecule has 0 aliphatic carbocycles. The molecule has 1 aromatic rings. The van der Waals surface area contributed by atoms with E-state index in [1.807, 2.05) is 0 Å². The fourth-order valence-electron chi connectivity index (χ4n) is 2.53. The summed E-state index contributed by atoms with van der Waals surface area (Å²) in [7, 11) is -2.33. The maximum atomic E-state index is 13.5. The first-order valence-electron chi connectivity index (χ1n) is 7.14. The lowest BCUT2D eigenvalue weighted by Gasteiger charge is -2.24. The highest BCUT2D eigenvalue weighted by Gasteiger charge is 2.36. The minimum Gasteiger partial charge on any atom is -0.490 e. The summed E-state index contributed by atoms with van der Waals surface area (Å²) in [5, 5.41) is 0.